The van der Waals surface area contributed by atoms with Gasteiger partial charge in [-0.25, -0.2) is 4.98 Å². The molecule has 0 saturated carbocycles. The van der Waals surface area contributed by atoms with E-state index < -0.39 is 0 Å². The van der Waals surface area contributed by atoms with Crippen LogP contribution in [-0.2, 0) is 0 Å². The monoisotopic (exact) mass is 338 g/mol. The van der Waals surface area contributed by atoms with Crippen LogP contribution in [-0.4, -0.2) is 10.9 Å². The topological polar surface area (TPSA) is 42.0 Å². The molecule has 0 atom stereocenters. The van der Waals surface area contributed by atoms with Crippen LogP contribution in [0.5, 0.6) is 0 Å². The quantitative estimate of drug-likeness (QED) is 0.883. The Morgan fingerprint density at radius 1 is 1.21 bits per heavy atom. The number of hydrogen-bond acceptors (Lipinski definition) is 2. The van der Waals surface area contributed by atoms with Crippen LogP contribution in [0.2, 0.25) is 5.02 Å². The maximum absolute atomic E-state index is 12.1. The summed E-state index contributed by atoms with van der Waals surface area (Å²) in [5.41, 5.74) is 2.40. The molecule has 2 aromatic rings. The Morgan fingerprint density at radius 3 is 2.58 bits per heavy atom. The molecule has 0 unspecified atom stereocenters. The maximum atomic E-state index is 12.1. The summed E-state index contributed by atoms with van der Waals surface area (Å²) in [7, 11) is 0. The van der Waals surface area contributed by atoms with Gasteiger partial charge in [-0.1, -0.05) is 27.5 Å². The van der Waals surface area contributed by atoms with Gasteiger partial charge in [0.25, 0.3) is 5.91 Å². The molecule has 0 aliphatic rings. The lowest BCUT2D eigenvalue weighted by molar-refractivity contribution is 0.102. The first-order valence-electron chi connectivity index (χ1n) is 5.67. The molecule has 0 aliphatic heterocycles. The molecule has 0 aliphatic carbocycles. The summed E-state index contributed by atoms with van der Waals surface area (Å²) in [6, 6.07) is 8.83. The highest BCUT2D eigenvalue weighted by Crippen LogP contribution is 2.20. The zero-order valence-corrected chi connectivity index (χ0v) is 12.8. The number of nitrogens with zero attached hydrogens (tertiary/aromatic N) is 1. The van der Waals surface area contributed by atoms with E-state index in [4.69, 9.17) is 11.6 Å². The summed E-state index contributed by atoms with van der Waals surface area (Å²) < 4.78 is 0.763. The molecule has 1 amide bonds. The number of hydrogen-bond donors (Lipinski definition) is 1. The molecule has 1 N–H and O–H groups in total. The Kier molecular flexibility index (Phi) is 4.22. The molecular formula is C14H12BrClN2O. The minimum Gasteiger partial charge on any atom is -0.307 e. The first-order valence-corrected chi connectivity index (χ1v) is 6.84. The SMILES string of the molecule is Cc1cc(C)nc(NC(=O)c2cc(Cl)cc(Br)c2)c1. The van der Waals surface area contributed by atoms with Gasteiger partial charge in [-0.2, -0.15) is 0 Å². The Morgan fingerprint density at radius 2 is 1.95 bits per heavy atom. The van der Waals surface area contributed by atoms with Crippen molar-refractivity contribution >= 4 is 39.3 Å². The van der Waals surface area contributed by atoms with Crippen molar-refractivity contribution in [3.05, 3.63) is 56.6 Å². The van der Waals surface area contributed by atoms with E-state index in [0.29, 0.717) is 16.4 Å². The van der Waals surface area contributed by atoms with Crippen LogP contribution in [0, 0.1) is 13.8 Å². The second-order valence-electron chi connectivity index (χ2n) is 4.28. The smallest absolute Gasteiger partial charge is 0.256 e. The fourth-order valence-corrected chi connectivity index (χ4v) is 2.64. The van der Waals surface area contributed by atoms with E-state index >= 15 is 0 Å². The molecule has 0 radical (unpaired) electrons. The van der Waals surface area contributed by atoms with E-state index in [0.717, 1.165) is 15.7 Å². The summed E-state index contributed by atoms with van der Waals surface area (Å²) in [6.45, 7) is 3.85. The number of rotatable bonds is 2. The average Bonchev–Trinajstić information content (AvgIpc) is 2.25. The van der Waals surface area contributed by atoms with Crippen molar-refractivity contribution in [3.63, 3.8) is 0 Å². The highest BCUT2D eigenvalue weighted by Gasteiger charge is 2.09. The fraction of sp³-hybridized carbons (Fsp3) is 0.143. The number of carbonyl (C=O) groups is 1. The minimum absolute atomic E-state index is 0.235. The molecule has 1 aromatic heterocycles. The van der Waals surface area contributed by atoms with Crippen LogP contribution in [0.1, 0.15) is 21.6 Å². The number of benzene rings is 1. The molecular weight excluding hydrogens is 328 g/mol. The first-order chi connectivity index (χ1) is 8.94. The van der Waals surface area contributed by atoms with Crippen LogP contribution < -0.4 is 5.32 Å². The van der Waals surface area contributed by atoms with Crippen molar-refractivity contribution in [1.29, 1.82) is 0 Å². The number of amides is 1. The van der Waals surface area contributed by atoms with Gasteiger partial charge in [-0.3, -0.25) is 4.79 Å². The zero-order chi connectivity index (χ0) is 14.0. The van der Waals surface area contributed by atoms with Crippen molar-refractivity contribution < 1.29 is 4.79 Å². The zero-order valence-electron chi connectivity index (χ0n) is 10.5. The molecule has 0 spiro atoms. The summed E-state index contributed by atoms with van der Waals surface area (Å²) in [5.74, 6) is 0.305. The summed E-state index contributed by atoms with van der Waals surface area (Å²) in [5, 5.41) is 3.27. The molecule has 5 heteroatoms. The number of anilines is 1. The van der Waals surface area contributed by atoms with Crippen molar-refractivity contribution in [3.8, 4) is 0 Å². The van der Waals surface area contributed by atoms with Crippen LogP contribution in [0.3, 0.4) is 0 Å². The first kappa shape index (κ1) is 14.0. The number of carbonyl (C=O) groups excluding carboxylic acids is 1. The third-order valence-corrected chi connectivity index (χ3v) is 3.14. The molecule has 2 rings (SSSR count). The molecule has 0 bridgehead atoms. The Hall–Kier alpha value is -1.39. The highest BCUT2D eigenvalue weighted by atomic mass is 79.9. The largest absolute Gasteiger partial charge is 0.307 e. The van der Waals surface area contributed by atoms with E-state index in [2.05, 4.69) is 26.2 Å². The Bertz CT molecular complexity index is 603. The summed E-state index contributed by atoms with van der Waals surface area (Å²) in [6.07, 6.45) is 0. The van der Waals surface area contributed by atoms with Gasteiger partial charge in [-0.05, 0) is 49.7 Å². The van der Waals surface area contributed by atoms with E-state index in [1.807, 2.05) is 26.0 Å². The van der Waals surface area contributed by atoms with E-state index in [9.17, 15) is 4.79 Å². The number of nitrogens with one attached hydrogen (secondary N) is 1. The van der Waals surface area contributed by atoms with Gasteiger partial charge < -0.3 is 5.32 Å². The molecule has 1 heterocycles. The summed E-state index contributed by atoms with van der Waals surface area (Å²) >= 11 is 9.23. The van der Waals surface area contributed by atoms with E-state index in [1.54, 1.807) is 18.2 Å². The Labute approximate surface area is 125 Å². The highest BCUT2D eigenvalue weighted by molar-refractivity contribution is 9.10. The fourth-order valence-electron chi connectivity index (χ4n) is 1.78. The number of halogens is 2. The molecule has 3 nitrogen and oxygen atoms in total. The van der Waals surface area contributed by atoms with Gasteiger partial charge in [0.2, 0.25) is 0 Å². The van der Waals surface area contributed by atoms with Crippen molar-refractivity contribution in [2.45, 2.75) is 13.8 Å². The predicted octanol–water partition coefficient (Wildman–Crippen LogP) is 4.37. The van der Waals surface area contributed by atoms with Gasteiger partial charge in [0.15, 0.2) is 0 Å². The van der Waals surface area contributed by atoms with Crippen LogP contribution in [0.4, 0.5) is 5.82 Å². The van der Waals surface area contributed by atoms with Crippen LogP contribution in [0.15, 0.2) is 34.8 Å². The number of pyridine rings is 1. The molecule has 0 fully saturated rings. The normalized spacial score (nSPS) is 10.3. The Balaban J connectivity index is 2.25. The van der Waals surface area contributed by atoms with Crippen molar-refractivity contribution in [2.24, 2.45) is 0 Å². The van der Waals surface area contributed by atoms with E-state index in [1.165, 1.54) is 0 Å². The molecule has 19 heavy (non-hydrogen) atoms. The third-order valence-electron chi connectivity index (χ3n) is 2.46. The molecule has 0 saturated heterocycles. The van der Waals surface area contributed by atoms with Crippen molar-refractivity contribution in [2.75, 3.05) is 5.32 Å². The molecule has 98 valence electrons. The summed E-state index contributed by atoms with van der Waals surface area (Å²) in [4.78, 5) is 16.4. The van der Waals surface area contributed by atoms with Gasteiger partial charge in [-0.15, -0.1) is 0 Å². The number of aryl methyl sites for hydroxylation is 2. The lowest BCUT2D eigenvalue weighted by Crippen LogP contribution is -2.13. The minimum atomic E-state index is -0.235. The van der Waals surface area contributed by atoms with Crippen molar-refractivity contribution in [1.82, 2.24) is 4.98 Å². The van der Waals surface area contributed by atoms with Gasteiger partial charge in [0, 0.05) is 20.8 Å². The van der Waals surface area contributed by atoms with Crippen LogP contribution in [0.25, 0.3) is 0 Å². The molecule has 1 aromatic carbocycles. The predicted molar refractivity (Wildman–Crippen MR) is 80.8 cm³/mol. The van der Waals surface area contributed by atoms with Gasteiger partial charge in [0.05, 0.1) is 0 Å². The van der Waals surface area contributed by atoms with Crippen LogP contribution >= 0.6 is 27.5 Å². The lowest BCUT2D eigenvalue weighted by Gasteiger charge is -2.07. The number of aromatic nitrogens is 1. The average molecular weight is 340 g/mol. The second-order valence-corrected chi connectivity index (χ2v) is 5.64. The second kappa shape index (κ2) is 5.72. The van der Waals surface area contributed by atoms with Gasteiger partial charge in [0.1, 0.15) is 5.82 Å². The van der Waals surface area contributed by atoms with Gasteiger partial charge >= 0.3 is 0 Å². The maximum Gasteiger partial charge on any atom is 0.256 e. The third kappa shape index (κ3) is 3.78. The van der Waals surface area contributed by atoms with E-state index in [-0.39, 0.29) is 5.91 Å². The lowest BCUT2D eigenvalue weighted by atomic mass is 10.2. The standard InChI is InChI=1S/C14H12BrClN2O/c1-8-3-9(2)17-13(4-8)18-14(19)10-5-11(15)7-12(16)6-10/h3-7H,1-2H3,(H,17,18,19).